The van der Waals surface area contributed by atoms with Crippen molar-refractivity contribution < 1.29 is 17.6 Å². The fourth-order valence-electron chi connectivity index (χ4n) is 2.10. The molecule has 1 nitrogen and oxygen atoms in total. The SMILES string of the molecule is CC(N)(c1ccc(F)c(C(F)(F)F)c1)c1ccccc1Cl. The van der Waals surface area contributed by atoms with Crippen molar-refractivity contribution >= 4 is 11.6 Å². The van der Waals surface area contributed by atoms with Crippen LogP contribution < -0.4 is 5.73 Å². The van der Waals surface area contributed by atoms with Gasteiger partial charge in [0.25, 0.3) is 0 Å². The first-order chi connectivity index (χ1) is 9.64. The topological polar surface area (TPSA) is 26.0 Å². The Morgan fingerprint density at radius 1 is 1.00 bits per heavy atom. The Morgan fingerprint density at radius 3 is 2.19 bits per heavy atom. The van der Waals surface area contributed by atoms with Crippen molar-refractivity contribution in [3.8, 4) is 0 Å². The van der Waals surface area contributed by atoms with Gasteiger partial charge in [-0.2, -0.15) is 13.2 Å². The molecule has 0 saturated carbocycles. The number of hydrogen-bond acceptors (Lipinski definition) is 1. The summed E-state index contributed by atoms with van der Waals surface area (Å²) >= 11 is 6.04. The summed E-state index contributed by atoms with van der Waals surface area (Å²) < 4.78 is 51.7. The van der Waals surface area contributed by atoms with Crippen LogP contribution >= 0.6 is 11.6 Å². The summed E-state index contributed by atoms with van der Waals surface area (Å²) in [4.78, 5) is 0. The van der Waals surface area contributed by atoms with Gasteiger partial charge in [-0.3, -0.25) is 0 Å². The highest BCUT2D eigenvalue weighted by atomic mass is 35.5. The van der Waals surface area contributed by atoms with Crippen molar-refractivity contribution in [2.75, 3.05) is 0 Å². The van der Waals surface area contributed by atoms with Crippen LogP contribution in [-0.4, -0.2) is 0 Å². The highest BCUT2D eigenvalue weighted by Crippen LogP contribution is 2.36. The molecule has 0 bridgehead atoms. The molecular weight excluding hydrogens is 306 g/mol. The Labute approximate surface area is 124 Å². The summed E-state index contributed by atoms with van der Waals surface area (Å²) in [5, 5.41) is 0.334. The molecule has 1 unspecified atom stereocenters. The number of hydrogen-bond donors (Lipinski definition) is 1. The third-order valence-corrected chi connectivity index (χ3v) is 3.63. The largest absolute Gasteiger partial charge is 0.419 e. The van der Waals surface area contributed by atoms with Crippen LogP contribution in [-0.2, 0) is 11.7 Å². The molecule has 21 heavy (non-hydrogen) atoms. The van der Waals surface area contributed by atoms with Gasteiger partial charge in [-0.15, -0.1) is 0 Å². The highest BCUT2D eigenvalue weighted by molar-refractivity contribution is 6.31. The molecule has 0 aliphatic carbocycles. The molecule has 1 atom stereocenters. The van der Waals surface area contributed by atoms with Crippen molar-refractivity contribution in [2.24, 2.45) is 5.73 Å². The van der Waals surface area contributed by atoms with Crippen LogP contribution in [0, 0.1) is 5.82 Å². The summed E-state index contributed by atoms with van der Waals surface area (Å²) in [5.41, 5.74) is 4.13. The van der Waals surface area contributed by atoms with Crippen LogP contribution in [0.2, 0.25) is 5.02 Å². The zero-order valence-corrected chi connectivity index (χ0v) is 11.8. The second kappa shape index (κ2) is 5.31. The first-order valence-corrected chi connectivity index (χ1v) is 6.43. The normalized spacial score (nSPS) is 14.8. The Kier molecular flexibility index (Phi) is 4.00. The number of halogens is 5. The van der Waals surface area contributed by atoms with Gasteiger partial charge in [0.2, 0.25) is 0 Å². The quantitative estimate of drug-likeness (QED) is 0.797. The maximum Gasteiger partial charge on any atom is 0.419 e. The number of rotatable bonds is 2. The van der Waals surface area contributed by atoms with Crippen molar-refractivity contribution in [1.29, 1.82) is 0 Å². The monoisotopic (exact) mass is 317 g/mol. The van der Waals surface area contributed by atoms with Gasteiger partial charge in [-0.25, -0.2) is 4.39 Å². The second-order valence-electron chi connectivity index (χ2n) is 4.87. The van der Waals surface area contributed by atoms with Crippen molar-refractivity contribution in [2.45, 2.75) is 18.6 Å². The lowest BCUT2D eigenvalue weighted by atomic mass is 9.85. The predicted octanol–water partition coefficient (Wildman–Crippen LogP) is 4.72. The first kappa shape index (κ1) is 15.8. The smallest absolute Gasteiger partial charge is 0.318 e. The van der Waals surface area contributed by atoms with Crippen molar-refractivity contribution in [3.63, 3.8) is 0 Å². The highest BCUT2D eigenvalue weighted by Gasteiger charge is 2.36. The van der Waals surface area contributed by atoms with Gasteiger partial charge in [0.15, 0.2) is 0 Å². The van der Waals surface area contributed by atoms with Crippen LogP contribution in [0.5, 0.6) is 0 Å². The molecule has 0 amide bonds. The van der Waals surface area contributed by atoms with Gasteiger partial charge in [-0.1, -0.05) is 35.9 Å². The zero-order valence-electron chi connectivity index (χ0n) is 11.0. The minimum Gasteiger partial charge on any atom is -0.318 e. The molecule has 0 spiro atoms. The van der Waals surface area contributed by atoms with Crippen LogP contribution in [0.1, 0.15) is 23.6 Å². The van der Waals surface area contributed by atoms with E-state index in [1.165, 1.54) is 13.0 Å². The van der Waals surface area contributed by atoms with Crippen LogP contribution in [0.3, 0.4) is 0 Å². The molecule has 6 heteroatoms. The molecule has 112 valence electrons. The molecule has 2 aromatic rings. The minimum absolute atomic E-state index is 0.129. The van der Waals surface area contributed by atoms with Crippen molar-refractivity contribution in [1.82, 2.24) is 0 Å². The Morgan fingerprint density at radius 2 is 1.62 bits per heavy atom. The van der Waals surface area contributed by atoms with Gasteiger partial charge in [0, 0.05) is 5.02 Å². The predicted molar refractivity (Wildman–Crippen MR) is 73.5 cm³/mol. The van der Waals surface area contributed by atoms with E-state index in [2.05, 4.69) is 0 Å². The molecule has 2 rings (SSSR count). The van der Waals surface area contributed by atoms with E-state index in [9.17, 15) is 17.6 Å². The summed E-state index contributed by atoms with van der Waals surface area (Å²) in [6, 6.07) is 9.30. The summed E-state index contributed by atoms with van der Waals surface area (Å²) in [5.74, 6) is -1.33. The zero-order chi connectivity index (χ0) is 15.8. The molecule has 2 aromatic carbocycles. The molecule has 0 aliphatic rings. The molecule has 0 fully saturated rings. The Bertz CT molecular complexity index is 665. The molecule has 2 N–H and O–H groups in total. The fraction of sp³-hybridized carbons (Fsp3) is 0.200. The number of alkyl halides is 3. The number of nitrogens with two attached hydrogens (primary N) is 1. The standard InChI is InChI=1S/C15H12ClF4N/c1-14(21,10-4-2-3-5-12(10)16)9-6-7-13(17)11(8-9)15(18,19)20/h2-8H,21H2,1H3. The molecule has 0 heterocycles. The van der Waals surface area contributed by atoms with E-state index >= 15 is 0 Å². The Balaban J connectivity index is 2.59. The third kappa shape index (κ3) is 3.04. The first-order valence-electron chi connectivity index (χ1n) is 6.05. The van der Waals surface area contributed by atoms with Gasteiger partial charge < -0.3 is 5.73 Å². The molecule has 0 aromatic heterocycles. The van der Waals surface area contributed by atoms with E-state index in [0.29, 0.717) is 10.6 Å². The lowest BCUT2D eigenvalue weighted by Gasteiger charge is -2.27. The average molecular weight is 318 g/mol. The van der Waals surface area contributed by atoms with Crippen LogP contribution in [0.25, 0.3) is 0 Å². The van der Waals surface area contributed by atoms with Gasteiger partial charge in [-0.05, 0) is 36.2 Å². The lowest BCUT2D eigenvalue weighted by molar-refractivity contribution is -0.140. The summed E-state index contributed by atoms with van der Waals surface area (Å²) in [6.45, 7) is 1.53. The van der Waals surface area contributed by atoms with E-state index < -0.39 is 23.1 Å². The van der Waals surface area contributed by atoms with Gasteiger partial charge in [0.05, 0.1) is 11.1 Å². The second-order valence-corrected chi connectivity index (χ2v) is 5.28. The van der Waals surface area contributed by atoms with Gasteiger partial charge in [0.1, 0.15) is 5.82 Å². The maximum absolute atomic E-state index is 13.3. The minimum atomic E-state index is -4.78. The summed E-state index contributed by atoms with van der Waals surface area (Å²) in [7, 11) is 0. The lowest BCUT2D eigenvalue weighted by Crippen LogP contribution is -2.35. The van der Waals surface area contributed by atoms with Crippen molar-refractivity contribution in [3.05, 3.63) is 70.0 Å². The third-order valence-electron chi connectivity index (χ3n) is 3.30. The van der Waals surface area contributed by atoms with Crippen LogP contribution in [0.4, 0.5) is 17.6 Å². The van der Waals surface area contributed by atoms with Gasteiger partial charge >= 0.3 is 6.18 Å². The van der Waals surface area contributed by atoms with E-state index in [1.807, 2.05) is 0 Å². The fourth-order valence-corrected chi connectivity index (χ4v) is 2.44. The van der Waals surface area contributed by atoms with E-state index in [4.69, 9.17) is 17.3 Å². The summed E-state index contributed by atoms with van der Waals surface area (Å²) in [6.07, 6.45) is -4.78. The van der Waals surface area contributed by atoms with E-state index in [0.717, 1.165) is 12.1 Å². The Hall–Kier alpha value is -1.59. The van der Waals surface area contributed by atoms with E-state index in [-0.39, 0.29) is 5.56 Å². The molecule has 0 aliphatic heterocycles. The maximum atomic E-state index is 13.3. The average Bonchev–Trinajstić information content (AvgIpc) is 2.37. The molecule has 0 radical (unpaired) electrons. The number of benzene rings is 2. The van der Waals surface area contributed by atoms with E-state index in [1.54, 1.807) is 24.3 Å². The molecule has 0 saturated heterocycles. The molecular formula is C15H12ClF4N. The van der Waals surface area contributed by atoms with Crippen LogP contribution in [0.15, 0.2) is 42.5 Å².